The Kier molecular flexibility index (Phi) is 6.13. The van der Waals surface area contributed by atoms with E-state index in [1.54, 1.807) is 12.7 Å². The van der Waals surface area contributed by atoms with Crippen molar-refractivity contribution in [2.45, 2.75) is 32.9 Å². The lowest BCUT2D eigenvalue weighted by atomic mass is 9.96. The fourth-order valence-electron chi connectivity index (χ4n) is 5.15. The molecule has 0 aliphatic carbocycles. The fourth-order valence-corrected chi connectivity index (χ4v) is 5.50. The van der Waals surface area contributed by atoms with Crippen molar-refractivity contribution in [1.82, 2.24) is 29.9 Å². The molecule has 1 saturated heterocycles. The van der Waals surface area contributed by atoms with Gasteiger partial charge in [0.2, 0.25) is 0 Å². The third-order valence-electron chi connectivity index (χ3n) is 6.92. The molecule has 1 aliphatic rings. The first-order valence-corrected chi connectivity index (χ1v) is 12.8. The molecule has 4 heterocycles. The second-order valence-corrected chi connectivity index (χ2v) is 9.72. The van der Waals surface area contributed by atoms with E-state index in [4.69, 9.17) is 17.0 Å². The maximum atomic E-state index is 6.14. The Morgan fingerprint density at radius 2 is 1.63 bits per heavy atom. The van der Waals surface area contributed by atoms with Crippen molar-refractivity contribution < 1.29 is 4.74 Å². The molecule has 1 fully saturated rings. The summed E-state index contributed by atoms with van der Waals surface area (Å²) < 4.78 is 10.1. The molecule has 0 radical (unpaired) electrons. The molecule has 2 aromatic carbocycles. The number of nitrogens with zero attached hydrogens (tertiary/aromatic N) is 6. The molecule has 3 aromatic heterocycles. The van der Waals surface area contributed by atoms with E-state index < -0.39 is 0 Å². The van der Waals surface area contributed by atoms with Gasteiger partial charge in [-0.15, -0.1) is 10.2 Å². The number of aromatic nitrogens is 5. The van der Waals surface area contributed by atoms with Crippen LogP contribution in [0.25, 0.3) is 0 Å². The molecule has 8 nitrogen and oxygen atoms in total. The molecule has 0 unspecified atom stereocenters. The van der Waals surface area contributed by atoms with Crippen molar-refractivity contribution in [3.05, 3.63) is 120 Å². The van der Waals surface area contributed by atoms with Crippen LogP contribution in [-0.4, -0.2) is 29.6 Å². The summed E-state index contributed by atoms with van der Waals surface area (Å²) in [6, 6.07) is 24.0. The highest BCUT2D eigenvalue weighted by molar-refractivity contribution is 7.80. The summed E-state index contributed by atoms with van der Waals surface area (Å²) in [5.74, 6) is 1.61. The van der Waals surface area contributed by atoms with E-state index in [2.05, 4.69) is 50.0 Å². The number of pyridine rings is 1. The minimum atomic E-state index is -0.138. The second-order valence-electron chi connectivity index (χ2n) is 9.34. The molecular weight excluding hydrogens is 494 g/mol. The Balaban J connectivity index is 1.41. The maximum absolute atomic E-state index is 6.14. The zero-order valence-electron chi connectivity index (χ0n) is 21.3. The van der Waals surface area contributed by atoms with Gasteiger partial charge in [-0.25, -0.2) is 4.68 Å². The number of hydrogen-bond donors (Lipinski definition) is 1. The first-order chi connectivity index (χ1) is 18.5. The number of ether oxygens (including phenoxy) is 1. The minimum Gasteiger partial charge on any atom is -0.457 e. The Morgan fingerprint density at radius 3 is 2.34 bits per heavy atom. The summed E-state index contributed by atoms with van der Waals surface area (Å²) >= 11 is 5.92. The van der Waals surface area contributed by atoms with Crippen molar-refractivity contribution >= 4 is 23.0 Å². The summed E-state index contributed by atoms with van der Waals surface area (Å²) in [5, 5.41) is 12.2. The quantitative estimate of drug-likeness (QED) is 0.288. The van der Waals surface area contributed by atoms with Gasteiger partial charge in [-0.1, -0.05) is 24.3 Å². The van der Waals surface area contributed by atoms with E-state index in [0.29, 0.717) is 5.11 Å². The molecular formula is C29H27N7OS. The summed E-state index contributed by atoms with van der Waals surface area (Å²) in [6.07, 6.45) is 5.21. The number of rotatable bonds is 6. The first-order valence-electron chi connectivity index (χ1n) is 12.4. The normalized spacial score (nSPS) is 17.0. The first kappa shape index (κ1) is 23.9. The second kappa shape index (κ2) is 9.75. The van der Waals surface area contributed by atoms with Gasteiger partial charge in [-0.2, -0.15) is 0 Å². The van der Waals surface area contributed by atoms with Crippen LogP contribution in [0.1, 0.15) is 40.3 Å². The topological polar surface area (TPSA) is 73.0 Å². The van der Waals surface area contributed by atoms with Gasteiger partial charge in [0.25, 0.3) is 0 Å². The molecule has 9 heteroatoms. The minimum absolute atomic E-state index is 0.128. The zero-order valence-corrected chi connectivity index (χ0v) is 22.1. The Morgan fingerprint density at radius 1 is 0.895 bits per heavy atom. The van der Waals surface area contributed by atoms with E-state index in [1.807, 2.05) is 84.5 Å². The number of thiocarbonyl (C=S) groups is 1. The molecule has 0 bridgehead atoms. The summed E-state index contributed by atoms with van der Waals surface area (Å²) in [6.45, 7) is 6.22. The largest absolute Gasteiger partial charge is 0.457 e. The lowest BCUT2D eigenvalue weighted by molar-refractivity contribution is 0.479. The highest BCUT2D eigenvalue weighted by Crippen LogP contribution is 2.43. The number of hydrogen-bond acceptors (Lipinski definition) is 5. The molecule has 1 N–H and O–H groups in total. The van der Waals surface area contributed by atoms with Gasteiger partial charge in [0.05, 0.1) is 17.8 Å². The molecule has 38 heavy (non-hydrogen) atoms. The number of anilines is 1. The molecule has 0 amide bonds. The van der Waals surface area contributed by atoms with Gasteiger partial charge < -0.3 is 15.0 Å². The summed E-state index contributed by atoms with van der Waals surface area (Å²) in [4.78, 5) is 6.85. The third kappa shape index (κ3) is 4.20. The molecule has 6 rings (SSSR count). The Hall–Kier alpha value is -4.50. The van der Waals surface area contributed by atoms with E-state index in [-0.39, 0.29) is 12.1 Å². The highest BCUT2D eigenvalue weighted by Gasteiger charge is 2.42. The standard InChI is InChI=1S/C29H27N7OS/c1-19-8-4-5-10-26(19)37-23-13-11-22(12-14-23)35-28(27(33-29(35)38)25-9-6-7-15-30-25)24-16-20(2)36(21(24)3)34-17-31-32-18-34/h4-18,27-28H,1-3H3,(H,33,38)/t27-,28-/m1/s1. The summed E-state index contributed by atoms with van der Waals surface area (Å²) in [7, 11) is 0. The van der Waals surface area contributed by atoms with Crippen LogP contribution in [-0.2, 0) is 0 Å². The SMILES string of the molecule is Cc1ccccc1Oc1ccc(N2C(=S)N[C@H](c3ccccn3)[C@H]2c2cc(C)n(-n3cnnc3)c2C)cc1. The van der Waals surface area contributed by atoms with Gasteiger partial charge in [0, 0.05) is 28.8 Å². The van der Waals surface area contributed by atoms with Crippen molar-refractivity contribution in [1.29, 1.82) is 0 Å². The lowest BCUT2D eigenvalue weighted by Crippen LogP contribution is -2.29. The Bertz CT molecular complexity index is 1580. The molecule has 0 saturated carbocycles. The van der Waals surface area contributed by atoms with Gasteiger partial charge in [-0.3, -0.25) is 9.66 Å². The number of benzene rings is 2. The maximum Gasteiger partial charge on any atom is 0.174 e. The van der Waals surface area contributed by atoms with Crippen molar-refractivity contribution in [3.63, 3.8) is 0 Å². The average molecular weight is 522 g/mol. The molecule has 1 aliphatic heterocycles. The fraction of sp³-hybridized carbons (Fsp3) is 0.172. The van der Waals surface area contributed by atoms with Crippen LogP contribution < -0.4 is 15.0 Å². The van der Waals surface area contributed by atoms with Crippen molar-refractivity contribution in [2.24, 2.45) is 0 Å². The Labute approximate surface area is 226 Å². The molecule has 0 spiro atoms. The van der Waals surface area contributed by atoms with Crippen LogP contribution in [0.5, 0.6) is 11.5 Å². The molecule has 190 valence electrons. The molecule has 5 aromatic rings. The summed E-state index contributed by atoms with van der Waals surface area (Å²) in [5.41, 5.74) is 6.26. The van der Waals surface area contributed by atoms with Crippen LogP contribution in [0, 0.1) is 20.8 Å². The van der Waals surface area contributed by atoms with Gasteiger partial charge in [0.15, 0.2) is 5.11 Å². The predicted molar refractivity (Wildman–Crippen MR) is 150 cm³/mol. The third-order valence-corrected chi connectivity index (χ3v) is 7.24. The average Bonchev–Trinajstić information content (AvgIpc) is 3.64. The van der Waals surface area contributed by atoms with Crippen LogP contribution in [0.2, 0.25) is 0 Å². The number of nitrogens with one attached hydrogen (secondary N) is 1. The molecule has 2 atom stereocenters. The van der Waals surface area contributed by atoms with Crippen LogP contribution in [0.4, 0.5) is 5.69 Å². The van der Waals surface area contributed by atoms with Crippen LogP contribution >= 0.6 is 12.2 Å². The van der Waals surface area contributed by atoms with Gasteiger partial charge in [0.1, 0.15) is 24.2 Å². The number of aryl methyl sites for hydroxylation is 2. The van der Waals surface area contributed by atoms with E-state index in [0.717, 1.165) is 45.4 Å². The predicted octanol–water partition coefficient (Wildman–Crippen LogP) is 5.68. The van der Waals surface area contributed by atoms with Gasteiger partial charge >= 0.3 is 0 Å². The smallest absolute Gasteiger partial charge is 0.174 e. The lowest BCUT2D eigenvalue weighted by Gasteiger charge is -2.28. The zero-order chi connectivity index (χ0) is 26.2. The number of para-hydroxylation sites is 1. The highest BCUT2D eigenvalue weighted by atomic mass is 32.1. The van der Waals surface area contributed by atoms with E-state index >= 15 is 0 Å². The van der Waals surface area contributed by atoms with Crippen LogP contribution in [0.15, 0.2) is 91.6 Å². The van der Waals surface area contributed by atoms with E-state index in [1.165, 1.54) is 0 Å². The van der Waals surface area contributed by atoms with Gasteiger partial charge in [-0.05, 0) is 87.1 Å². The van der Waals surface area contributed by atoms with Crippen molar-refractivity contribution in [2.75, 3.05) is 4.90 Å². The monoisotopic (exact) mass is 521 g/mol. The van der Waals surface area contributed by atoms with Crippen LogP contribution in [0.3, 0.4) is 0 Å². The van der Waals surface area contributed by atoms with Crippen molar-refractivity contribution in [3.8, 4) is 11.5 Å². The van der Waals surface area contributed by atoms with E-state index in [9.17, 15) is 0 Å².